The van der Waals surface area contributed by atoms with Crippen LogP contribution in [0, 0.1) is 6.92 Å². The Bertz CT molecular complexity index is 475. The molecule has 2 rings (SSSR count). The zero-order valence-corrected chi connectivity index (χ0v) is 7.63. The van der Waals surface area contributed by atoms with Gasteiger partial charge in [0.05, 0.1) is 0 Å². The van der Waals surface area contributed by atoms with Gasteiger partial charge >= 0.3 is 0 Å². The third kappa shape index (κ3) is 1.42. The number of carbonyl (C=O) groups is 1. The first-order valence-electron chi connectivity index (χ1n) is 3.74. The summed E-state index contributed by atoms with van der Waals surface area (Å²) in [4.78, 5) is 14.9. The summed E-state index contributed by atoms with van der Waals surface area (Å²) in [6, 6.07) is 4.91. The third-order valence-corrected chi connectivity index (χ3v) is 1.94. The molecule has 0 amide bonds. The Kier molecular flexibility index (Phi) is 1.81. The third-order valence-electron chi connectivity index (χ3n) is 1.72. The quantitative estimate of drug-likeness (QED) is 0.657. The fourth-order valence-corrected chi connectivity index (χ4v) is 1.28. The van der Waals surface area contributed by atoms with Crippen molar-refractivity contribution in [2.75, 3.05) is 0 Å². The fourth-order valence-electron chi connectivity index (χ4n) is 1.16. The van der Waals surface area contributed by atoms with Crippen LogP contribution in [0.25, 0.3) is 11.1 Å². The molecule has 0 aliphatic heterocycles. The van der Waals surface area contributed by atoms with Gasteiger partial charge in [-0.2, -0.15) is 0 Å². The second-order valence-corrected chi connectivity index (χ2v) is 3.03. The molecule has 13 heavy (non-hydrogen) atoms. The van der Waals surface area contributed by atoms with Gasteiger partial charge in [0.25, 0.3) is 5.24 Å². The number of carbonyl (C=O) groups excluding carboxylic acids is 1. The Morgan fingerprint density at radius 2 is 2.31 bits per heavy atom. The molecule has 66 valence electrons. The van der Waals surface area contributed by atoms with Crippen LogP contribution < -0.4 is 0 Å². The molecule has 1 aromatic carbocycles. The van der Waals surface area contributed by atoms with Gasteiger partial charge in [-0.1, -0.05) is 0 Å². The molecule has 2 aromatic rings. The van der Waals surface area contributed by atoms with Crippen molar-refractivity contribution in [1.82, 2.24) is 4.98 Å². The number of hydrogen-bond donors (Lipinski definition) is 0. The first-order chi connectivity index (χ1) is 6.16. The zero-order valence-electron chi connectivity index (χ0n) is 6.87. The van der Waals surface area contributed by atoms with Crippen molar-refractivity contribution >= 4 is 27.9 Å². The van der Waals surface area contributed by atoms with E-state index in [9.17, 15) is 4.79 Å². The highest BCUT2D eigenvalue weighted by Gasteiger charge is 2.06. The normalized spacial score (nSPS) is 10.6. The Labute approximate surface area is 79.3 Å². The Balaban J connectivity index is 2.67. The highest BCUT2D eigenvalue weighted by molar-refractivity contribution is 6.67. The van der Waals surface area contributed by atoms with E-state index in [4.69, 9.17) is 16.0 Å². The SMILES string of the molecule is Cc1nc2cc(C(=O)Cl)ccc2o1. The van der Waals surface area contributed by atoms with E-state index < -0.39 is 5.24 Å². The second kappa shape index (κ2) is 2.85. The summed E-state index contributed by atoms with van der Waals surface area (Å²) in [5, 5.41) is -0.484. The Morgan fingerprint density at radius 3 is 3.00 bits per heavy atom. The van der Waals surface area contributed by atoms with E-state index in [1.807, 2.05) is 0 Å². The summed E-state index contributed by atoms with van der Waals surface area (Å²) in [6.07, 6.45) is 0. The van der Waals surface area contributed by atoms with Crippen LogP contribution >= 0.6 is 11.6 Å². The molecule has 0 saturated carbocycles. The molecule has 1 heterocycles. The summed E-state index contributed by atoms with van der Waals surface area (Å²) in [6.45, 7) is 1.75. The largest absolute Gasteiger partial charge is 0.441 e. The summed E-state index contributed by atoms with van der Waals surface area (Å²) in [7, 11) is 0. The van der Waals surface area contributed by atoms with Gasteiger partial charge in [-0.3, -0.25) is 4.79 Å². The molecule has 0 radical (unpaired) electrons. The van der Waals surface area contributed by atoms with Crippen molar-refractivity contribution in [3.8, 4) is 0 Å². The van der Waals surface area contributed by atoms with Crippen LogP contribution in [0.2, 0.25) is 0 Å². The lowest BCUT2D eigenvalue weighted by molar-refractivity contribution is 0.108. The molecule has 0 fully saturated rings. The maximum Gasteiger partial charge on any atom is 0.252 e. The molecule has 1 aromatic heterocycles. The molecule has 0 spiro atoms. The van der Waals surface area contributed by atoms with Crippen LogP contribution in [-0.4, -0.2) is 10.2 Å². The predicted molar refractivity (Wildman–Crippen MR) is 48.9 cm³/mol. The topological polar surface area (TPSA) is 43.1 Å². The standard InChI is InChI=1S/C9H6ClNO2/c1-5-11-7-4-6(9(10)12)2-3-8(7)13-5/h2-4H,1H3. The number of rotatable bonds is 1. The van der Waals surface area contributed by atoms with E-state index in [0.29, 0.717) is 22.6 Å². The van der Waals surface area contributed by atoms with Gasteiger partial charge in [0.15, 0.2) is 11.5 Å². The van der Waals surface area contributed by atoms with Crippen LogP contribution in [0.4, 0.5) is 0 Å². The van der Waals surface area contributed by atoms with Crippen LogP contribution in [0.5, 0.6) is 0 Å². The number of oxazole rings is 1. The molecule has 0 N–H and O–H groups in total. The van der Waals surface area contributed by atoms with E-state index in [0.717, 1.165) is 0 Å². The summed E-state index contributed by atoms with van der Waals surface area (Å²) in [5.41, 5.74) is 1.76. The molecule has 4 heteroatoms. The Morgan fingerprint density at radius 1 is 1.54 bits per heavy atom. The maximum atomic E-state index is 10.8. The summed E-state index contributed by atoms with van der Waals surface area (Å²) < 4.78 is 5.24. The smallest absolute Gasteiger partial charge is 0.252 e. The summed E-state index contributed by atoms with van der Waals surface area (Å²) >= 11 is 5.31. The average Bonchev–Trinajstić information content (AvgIpc) is 2.42. The lowest BCUT2D eigenvalue weighted by Crippen LogP contribution is -1.86. The van der Waals surface area contributed by atoms with Crippen LogP contribution in [-0.2, 0) is 0 Å². The molecule has 0 saturated heterocycles. The molecular formula is C9H6ClNO2. The summed E-state index contributed by atoms with van der Waals surface area (Å²) in [5.74, 6) is 0.578. The second-order valence-electron chi connectivity index (χ2n) is 2.69. The molecular weight excluding hydrogens is 190 g/mol. The minimum Gasteiger partial charge on any atom is -0.441 e. The molecule has 0 atom stereocenters. The van der Waals surface area contributed by atoms with E-state index in [1.54, 1.807) is 25.1 Å². The monoisotopic (exact) mass is 195 g/mol. The van der Waals surface area contributed by atoms with Gasteiger partial charge < -0.3 is 4.42 Å². The van der Waals surface area contributed by atoms with Crippen molar-refractivity contribution in [2.24, 2.45) is 0 Å². The first-order valence-corrected chi connectivity index (χ1v) is 4.11. The highest BCUT2D eigenvalue weighted by atomic mass is 35.5. The lowest BCUT2D eigenvalue weighted by atomic mass is 10.2. The van der Waals surface area contributed by atoms with E-state index in [1.165, 1.54) is 0 Å². The molecule has 0 aliphatic carbocycles. The van der Waals surface area contributed by atoms with Gasteiger partial charge in [0.1, 0.15) is 5.52 Å². The predicted octanol–water partition coefficient (Wildman–Crippen LogP) is 2.52. The van der Waals surface area contributed by atoms with Crippen LogP contribution in [0.15, 0.2) is 22.6 Å². The number of nitrogens with zero attached hydrogens (tertiary/aromatic N) is 1. The Hall–Kier alpha value is -1.35. The number of benzene rings is 1. The lowest BCUT2D eigenvalue weighted by Gasteiger charge is -1.90. The van der Waals surface area contributed by atoms with Gasteiger partial charge in [0.2, 0.25) is 0 Å². The highest BCUT2D eigenvalue weighted by Crippen LogP contribution is 2.17. The van der Waals surface area contributed by atoms with Crippen molar-refractivity contribution in [2.45, 2.75) is 6.92 Å². The van der Waals surface area contributed by atoms with Gasteiger partial charge in [-0.15, -0.1) is 0 Å². The maximum absolute atomic E-state index is 10.8. The number of hydrogen-bond acceptors (Lipinski definition) is 3. The minimum atomic E-state index is -0.484. The van der Waals surface area contributed by atoms with Crippen molar-refractivity contribution in [3.05, 3.63) is 29.7 Å². The van der Waals surface area contributed by atoms with Crippen molar-refractivity contribution < 1.29 is 9.21 Å². The number of aromatic nitrogens is 1. The molecule has 0 unspecified atom stereocenters. The number of halogens is 1. The first kappa shape index (κ1) is 8.26. The van der Waals surface area contributed by atoms with Crippen molar-refractivity contribution in [1.29, 1.82) is 0 Å². The van der Waals surface area contributed by atoms with E-state index in [-0.39, 0.29) is 0 Å². The van der Waals surface area contributed by atoms with Crippen LogP contribution in [0.1, 0.15) is 16.2 Å². The molecule has 0 bridgehead atoms. The average molecular weight is 196 g/mol. The number of aryl methyl sites for hydroxylation is 1. The van der Waals surface area contributed by atoms with E-state index >= 15 is 0 Å². The molecule has 0 aliphatic rings. The number of fused-ring (bicyclic) bond motifs is 1. The zero-order chi connectivity index (χ0) is 9.42. The van der Waals surface area contributed by atoms with Crippen LogP contribution in [0.3, 0.4) is 0 Å². The van der Waals surface area contributed by atoms with Gasteiger partial charge in [-0.05, 0) is 29.8 Å². The minimum absolute atomic E-state index is 0.433. The molecule has 3 nitrogen and oxygen atoms in total. The van der Waals surface area contributed by atoms with Crippen molar-refractivity contribution in [3.63, 3.8) is 0 Å². The van der Waals surface area contributed by atoms with Gasteiger partial charge in [-0.25, -0.2) is 4.98 Å². The fraction of sp³-hybridized carbons (Fsp3) is 0.111. The van der Waals surface area contributed by atoms with Gasteiger partial charge in [0, 0.05) is 12.5 Å². The van der Waals surface area contributed by atoms with E-state index in [2.05, 4.69) is 4.98 Å².